The van der Waals surface area contributed by atoms with Gasteiger partial charge in [0.2, 0.25) is 11.8 Å². The van der Waals surface area contributed by atoms with Gasteiger partial charge in [-0.15, -0.1) is 11.3 Å². The summed E-state index contributed by atoms with van der Waals surface area (Å²) >= 11 is 7.32. The number of hydrogen-bond acceptors (Lipinski definition) is 6. The predicted molar refractivity (Wildman–Crippen MR) is 107 cm³/mol. The SMILES string of the molecule is Cc1nc(NC(=O)CN2CCCC(C(=O)Nc3cccc(Cl)n3)C2)sc1C. The summed E-state index contributed by atoms with van der Waals surface area (Å²) in [6, 6.07) is 5.10. The van der Waals surface area contributed by atoms with Crippen molar-refractivity contribution in [2.24, 2.45) is 5.92 Å². The summed E-state index contributed by atoms with van der Waals surface area (Å²) < 4.78 is 0. The van der Waals surface area contributed by atoms with Gasteiger partial charge in [0.15, 0.2) is 5.13 Å². The molecule has 1 unspecified atom stereocenters. The highest BCUT2D eigenvalue weighted by molar-refractivity contribution is 7.15. The molecule has 0 bridgehead atoms. The number of pyridine rings is 1. The van der Waals surface area contributed by atoms with Crippen molar-refractivity contribution in [3.05, 3.63) is 33.9 Å². The number of hydrogen-bond donors (Lipinski definition) is 2. The van der Waals surface area contributed by atoms with E-state index < -0.39 is 0 Å². The molecule has 1 atom stereocenters. The number of nitrogens with zero attached hydrogens (tertiary/aromatic N) is 3. The molecular weight excluding hydrogens is 386 g/mol. The standard InChI is InChI=1S/C18H22ClN5O2S/c1-11-12(2)27-18(20-11)23-16(25)10-24-8-4-5-13(9-24)17(26)22-15-7-3-6-14(19)21-15/h3,6-7,13H,4-5,8-10H2,1-2H3,(H,20,23,25)(H,21,22,26). The molecule has 3 heterocycles. The van der Waals surface area contributed by atoms with Crippen molar-refractivity contribution < 1.29 is 9.59 Å². The number of nitrogens with one attached hydrogen (secondary N) is 2. The average molecular weight is 408 g/mol. The maximum Gasteiger partial charge on any atom is 0.240 e. The smallest absolute Gasteiger partial charge is 0.240 e. The Bertz CT molecular complexity index is 821. The van der Waals surface area contributed by atoms with E-state index in [-0.39, 0.29) is 24.3 Å². The third kappa shape index (κ3) is 5.47. The number of rotatable bonds is 5. The molecule has 144 valence electrons. The number of amides is 2. The number of halogens is 1. The van der Waals surface area contributed by atoms with Crippen molar-refractivity contribution in [3.8, 4) is 0 Å². The van der Waals surface area contributed by atoms with Crippen LogP contribution in [0.5, 0.6) is 0 Å². The van der Waals surface area contributed by atoms with Crippen LogP contribution in [0.3, 0.4) is 0 Å². The summed E-state index contributed by atoms with van der Waals surface area (Å²) in [6.45, 7) is 5.48. The molecule has 7 nitrogen and oxygen atoms in total. The van der Waals surface area contributed by atoms with Gasteiger partial charge in [0.05, 0.1) is 18.2 Å². The molecule has 0 saturated carbocycles. The van der Waals surface area contributed by atoms with Crippen molar-refractivity contribution in [3.63, 3.8) is 0 Å². The molecule has 27 heavy (non-hydrogen) atoms. The molecule has 0 spiro atoms. The largest absolute Gasteiger partial charge is 0.310 e. The van der Waals surface area contributed by atoms with Crippen LogP contribution in [-0.2, 0) is 9.59 Å². The molecule has 2 N–H and O–H groups in total. The minimum atomic E-state index is -0.184. The maximum atomic E-state index is 12.5. The Labute approximate surface area is 167 Å². The topological polar surface area (TPSA) is 87.2 Å². The van der Waals surface area contributed by atoms with Crippen LogP contribution in [0, 0.1) is 19.8 Å². The zero-order valence-corrected chi connectivity index (χ0v) is 16.9. The van der Waals surface area contributed by atoms with E-state index in [9.17, 15) is 9.59 Å². The van der Waals surface area contributed by atoms with Crippen molar-refractivity contribution in [1.82, 2.24) is 14.9 Å². The summed E-state index contributed by atoms with van der Waals surface area (Å²) in [5.74, 6) is 0.0518. The fourth-order valence-corrected chi connectivity index (χ4v) is 4.00. The zero-order chi connectivity index (χ0) is 19.4. The van der Waals surface area contributed by atoms with Crippen molar-refractivity contribution in [1.29, 1.82) is 0 Å². The summed E-state index contributed by atoms with van der Waals surface area (Å²) in [7, 11) is 0. The van der Waals surface area contributed by atoms with Crippen LogP contribution < -0.4 is 10.6 Å². The van der Waals surface area contributed by atoms with E-state index in [0.717, 1.165) is 30.0 Å². The number of carbonyl (C=O) groups excluding carboxylic acids is 2. The lowest BCUT2D eigenvalue weighted by Crippen LogP contribution is -2.44. The molecule has 2 aromatic heterocycles. The van der Waals surface area contributed by atoms with Crippen molar-refractivity contribution in [2.75, 3.05) is 30.3 Å². The number of thiazole rings is 1. The summed E-state index contributed by atoms with van der Waals surface area (Å²) in [4.78, 5) is 36.3. The van der Waals surface area contributed by atoms with Crippen molar-refractivity contribution in [2.45, 2.75) is 26.7 Å². The number of likely N-dealkylation sites (tertiary alicyclic amines) is 1. The fourth-order valence-electron chi connectivity index (χ4n) is 3.01. The predicted octanol–water partition coefficient (Wildman–Crippen LogP) is 3.10. The first-order valence-electron chi connectivity index (χ1n) is 8.80. The average Bonchev–Trinajstić information content (AvgIpc) is 2.92. The number of aromatic nitrogens is 2. The normalized spacial score (nSPS) is 17.5. The van der Waals surface area contributed by atoms with E-state index in [1.54, 1.807) is 18.2 Å². The minimum absolute atomic E-state index is 0.0963. The van der Waals surface area contributed by atoms with Gasteiger partial charge in [-0.2, -0.15) is 0 Å². The molecule has 3 rings (SSSR count). The maximum absolute atomic E-state index is 12.5. The van der Waals surface area contributed by atoms with Crippen LogP contribution in [0.25, 0.3) is 0 Å². The van der Waals surface area contributed by atoms with Gasteiger partial charge in [-0.1, -0.05) is 17.7 Å². The van der Waals surface area contributed by atoms with Gasteiger partial charge in [-0.25, -0.2) is 9.97 Å². The second-order valence-electron chi connectivity index (χ2n) is 6.62. The third-order valence-corrected chi connectivity index (χ3v) is 5.68. The van der Waals surface area contributed by atoms with Gasteiger partial charge >= 0.3 is 0 Å². The van der Waals surface area contributed by atoms with Crippen molar-refractivity contribution >= 4 is 45.7 Å². The third-order valence-electron chi connectivity index (χ3n) is 4.48. The quantitative estimate of drug-likeness (QED) is 0.743. The first kappa shape index (κ1) is 19.7. The lowest BCUT2D eigenvalue weighted by molar-refractivity contribution is -0.123. The van der Waals surface area contributed by atoms with E-state index in [1.807, 2.05) is 18.7 Å². The first-order valence-corrected chi connectivity index (χ1v) is 10.00. The Morgan fingerprint density at radius 3 is 2.81 bits per heavy atom. The summed E-state index contributed by atoms with van der Waals surface area (Å²) in [5.41, 5.74) is 0.930. The second-order valence-corrected chi connectivity index (χ2v) is 8.21. The number of anilines is 2. The van der Waals surface area contributed by atoms with E-state index in [1.165, 1.54) is 11.3 Å². The first-order chi connectivity index (χ1) is 12.9. The van der Waals surface area contributed by atoms with E-state index in [0.29, 0.717) is 22.6 Å². The Morgan fingerprint density at radius 1 is 1.30 bits per heavy atom. The summed E-state index contributed by atoms with van der Waals surface area (Å²) in [5, 5.41) is 6.60. The van der Waals surface area contributed by atoms with E-state index >= 15 is 0 Å². The van der Waals surface area contributed by atoms with Crippen LogP contribution in [0.2, 0.25) is 5.15 Å². The van der Waals surface area contributed by atoms with Crippen LogP contribution in [0.15, 0.2) is 18.2 Å². The molecule has 1 aliphatic heterocycles. The van der Waals surface area contributed by atoms with Crippen LogP contribution in [-0.4, -0.2) is 46.3 Å². The molecule has 1 saturated heterocycles. The molecular formula is C18H22ClN5O2S. The van der Waals surface area contributed by atoms with E-state index in [2.05, 4.69) is 20.6 Å². The fraction of sp³-hybridized carbons (Fsp3) is 0.444. The Kier molecular flexibility index (Phi) is 6.41. The molecule has 0 aromatic carbocycles. The molecule has 1 fully saturated rings. The van der Waals surface area contributed by atoms with Crippen LogP contribution in [0.1, 0.15) is 23.4 Å². The van der Waals surface area contributed by atoms with Crippen LogP contribution in [0.4, 0.5) is 10.9 Å². The lowest BCUT2D eigenvalue weighted by Gasteiger charge is -2.31. The molecule has 2 aromatic rings. The highest BCUT2D eigenvalue weighted by Gasteiger charge is 2.27. The molecule has 1 aliphatic rings. The van der Waals surface area contributed by atoms with Gasteiger partial charge in [0, 0.05) is 11.4 Å². The molecule has 0 radical (unpaired) electrons. The van der Waals surface area contributed by atoms with Gasteiger partial charge in [0.1, 0.15) is 11.0 Å². The Hall–Kier alpha value is -2.03. The second kappa shape index (κ2) is 8.77. The number of carbonyl (C=O) groups is 2. The van der Waals surface area contributed by atoms with Gasteiger partial charge < -0.3 is 10.6 Å². The monoisotopic (exact) mass is 407 g/mol. The van der Waals surface area contributed by atoms with Gasteiger partial charge in [-0.3, -0.25) is 14.5 Å². The Balaban J connectivity index is 1.52. The molecule has 2 amide bonds. The lowest BCUT2D eigenvalue weighted by atomic mass is 9.97. The highest BCUT2D eigenvalue weighted by Crippen LogP contribution is 2.22. The van der Waals surface area contributed by atoms with Crippen LogP contribution >= 0.6 is 22.9 Å². The summed E-state index contributed by atoms with van der Waals surface area (Å²) in [6.07, 6.45) is 1.65. The van der Waals surface area contributed by atoms with Gasteiger partial charge in [0.25, 0.3) is 0 Å². The van der Waals surface area contributed by atoms with E-state index in [4.69, 9.17) is 11.6 Å². The minimum Gasteiger partial charge on any atom is -0.310 e. The zero-order valence-electron chi connectivity index (χ0n) is 15.3. The Morgan fingerprint density at radius 2 is 2.11 bits per heavy atom. The van der Waals surface area contributed by atoms with Gasteiger partial charge in [-0.05, 0) is 45.4 Å². The molecule has 0 aliphatic carbocycles. The highest BCUT2D eigenvalue weighted by atomic mass is 35.5. The number of aryl methyl sites for hydroxylation is 2. The molecule has 9 heteroatoms. The number of piperidine rings is 1.